The zero-order valence-electron chi connectivity index (χ0n) is 10.4. The molecule has 1 unspecified atom stereocenters. The third kappa shape index (κ3) is 6.64. The Hall–Kier alpha value is -0.600. The van der Waals surface area contributed by atoms with Gasteiger partial charge in [-0.25, -0.2) is 0 Å². The van der Waals surface area contributed by atoms with E-state index in [0.717, 1.165) is 11.9 Å². The second-order valence-corrected chi connectivity index (χ2v) is 4.81. The van der Waals surface area contributed by atoms with Crippen LogP contribution in [0.5, 0.6) is 0 Å². The van der Waals surface area contributed by atoms with Crippen molar-refractivity contribution >= 4 is 22.0 Å². The summed E-state index contributed by atoms with van der Waals surface area (Å²) in [6.07, 6.45) is 6.63. The van der Waals surface area contributed by atoms with E-state index in [1.165, 1.54) is 18.4 Å². The molecular weight excluding hydrogens is 276 g/mol. The lowest BCUT2D eigenvalue weighted by Gasteiger charge is -2.11. The van der Waals surface area contributed by atoms with E-state index in [1.54, 1.807) is 0 Å². The van der Waals surface area contributed by atoms with Crippen LogP contribution in [-0.2, 0) is 4.74 Å². The van der Waals surface area contributed by atoms with Crippen molar-refractivity contribution in [2.24, 2.45) is 5.92 Å². The van der Waals surface area contributed by atoms with Crippen molar-refractivity contribution in [3.8, 4) is 0 Å². The number of ether oxygens (including phenoxy) is 1. The molecule has 0 bridgehead atoms. The molecule has 0 spiro atoms. The first kappa shape index (κ1) is 14.5. The van der Waals surface area contributed by atoms with E-state index in [0.29, 0.717) is 12.5 Å². The van der Waals surface area contributed by atoms with Crippen molar-refractivity contribution in [1.82, 2.24) is 0 Å². The van der Waals surface area contributed by atoms with Gasteiger partial charge in [-0.3, -0.25) is 0 Å². The molecule has 0 aliphatic carbocycles. The van der Waals surface area contributed by atoms with Crippen LogP contribution in [0.25, 0.3) is 6.08 Å². The molecule has 1 aromatic carbocycles. The van der Waals surface area contributed by atoms with Crippen molar-refractivity contribution < 1.29 is 4.74 Å². The Morgan fingerprint density at radius 3 is 2.71 bits per heavy atom. The zero-order valence-corrected chi connectivity index (χ0v) is 12.0. The maximum absolute atomic E-state index is 5.64. The van der Waals surface area contributed by atoms with Gasteiger partial charge in [0.05, 0.1) is 13.2 Å². The second kappa shape index (κ2) is 9.43. The number of halogens is 1. The van der Waals surface area contributed by atoms with Crippen LogP contribution in [0.3, 0.4) is 0 Å². The summed E-state index contributed by atoms with van der Waals surface area (Å²) in [4.78, 5) is 0. The van der Waals surface area contributed by atoms with E-state index in [-0.39, 0.29) is 0 Å². The average molecular weight is 297 g/mol. The number of alkyl halides is 1. The molecule has 0 saturated heterocycles. The minimum atomic E-state index is 0.644. The highest BCUT2D eigenvalue weighted by Gasteiger charge is 2.04. The molecule has 1 rings (SSSR count). The SMILES string of the molecule is CCCC(CBr)COCC=Cc1ccccc1. The maximum atomic E-state index is 5.64. The van der Waals surface area contributed by atoms with Gasteiger partial charge in [0.15, 0.2) is 0 Å². The summed E-state index contributed by atoms with van der Waals surface area (Å²) in [7, 11) is 0. The van der Waals surface area contributed by atoms with Crippen LogP contribution in [0, 0.1) is 5.92 Å². The van der Waals surface area contributed by atoms with Crippen LogP contribution in [-0.4, -0.2) is 18.5 Å². The van der Waals surface area contributed by atoms with Gasteiger partial charge in [-0.15, -0.1) is 0 Å². The minimum Gasteiger partial charge on any atom is -0.377 e. The van der Waals surface area contributed by atoms with Gasteiger partial charge in [0.1, 0.15) is 0 Å². The topological polar surface area (TPSA) is 9.23 Å². The van der Waals surface area contributed by atoms with Gasteiger partial charge >= 0.3 is 0 Å². The fourth-order valence-corrected chi connectivity index (χ4v) is 2.18. The van der Waals surface area contributed by atoms with Gasteiger partial charge in [0.2, 0.25) is 0 Å². The smallest absolute Gasteiger partial charge is 0.0650 e. The second-order valence-electron chi connectivity index (χ2n) is 4.16. The normalized spacial score (nSPS) is 13.1. The summed E-state index contributed by atoms with van der Waals surface area (Å²) in [6, 6.07) is 10.3. The number of benzene rings is 1. The van der Waals surface area contributed by atoms with Crippen LogP contribution < -0.4 is 0 Å². The molecular formula is C15H21BrO. The fraction of sp³-hybridized carbons (Fsp3) is 0.467. The Morgan fingerprint density at radius 1 is 1.29 bits per heavy atom. The molecule has 94 valence electrons. The average Bonchev–Trinajstić information content (AvgIpc) is 2.38. The Labute approximate surface area is 113 Å². The molecule has 0 N–H and O–H groups in total. The van der Waals surface area contributed by atoms with Gasteiger partial charge in [-0.2, -0.15) is 0 Å². The third-order valence-corrected chi connectivity index (χ3v) is 3.51. The lowest BCUT2D eigenvalue weighted by molar-refractivity contribution is 0.127. The minimum absolute atomic E-state index is 0.644. The molecule has 0 aliphatic heterocycles. The monoisotopic (exact) mass is 296 g/mol. The molecule has 0 radical (unpaired) electrons. The Balaban J connectivity index is 2.17. The number of hydrogen-bond donors (Lipinski definition) is 0. The first-order chi connectivity index (χ1) is 8.36. The highest BCUT2D eigenvalue weighted by Crippen LogP contribution is 2.10. The van der Waals surface area contributed by atoms with Crippen molar-refractivity contribution in [3.05, 3.63) is 42.0 Å². The van der Waals surface area contributed by atoms with Gasteiger partial charge in [-0.1, -0.05) is 71.8 Å². The van der Waals surface area contributed by atoms with E-state index in [4.69, 9.17) is 4.74 Å². The molecule has 0 fully saturated rings. The number of hydrogen-bond acceptors (Lipinski definition) is 1. The predicted octanol–water partition coefficient (Wildman–Crippen LogP) is 4.53. The summed E-state index contributed by atoms with van der Waals surface area (Å²) < 4.78 is 5.64. The van der Waals surface area contributed by atoms with Crippen molar-refractivity contribution in [2.45, 2.75) is 19.8 Å². The molecule has 0 aromatic heterocycles. The highest BCUT2D eigenvalue weighted by molar-refractivity contribution is 9.09. The van der Waals surface area contributed by atoms with Crippen LogP contribution in [0.4, 0.5) is 0 Å². The van der Waals surface area contributed by atoms with Crippen molar-refractivity contribution in [3.63, 3.8) is 0 Å². The quantitative estimate of drug-likeness (QED) is 0.506. The van der Waals surface area contributed by atoms with Gasteiger partial charge < -0.3 is 4.74 Å². The summed E-state index contributed by atoms with van der Waals surface area (Å²) in [5.74, 6) is 0.644. The van der Waals surface area contributed by atoms with Crippen molar-refractivity contribution in [1.29, 1.82) is 0 Å². The fourth-order valence-electron chi connectivity index (χ4n) is 1.66. The molecule has 1 nitrogen and oxygen atoms in total. The molecule has 0 amide bonds. The van der Waals surface area contributed by atoms with E-state index in [9.17, 15) is 0 Å². The van der Waals surface area contributed by atoms with Crippen LogP contribution in [0.15, 0.2) is 36.4 Å². The Bertz CT molecular complexity index is 308. The summed E-state index contributed by atoms with van der Waals surface area (Å²) in [5, 5.41) is 1.03. The molecule has 17 heavy (non-hydrogen) atoms. The summed E-state index contributed by atoms with van der Waals surface area (Å²) in [5.41, 5.74) is 1.22. The largest absolute Gasteiger partial charge is 0.377 e. The highest BCUT2D eigenvalue weighted by atomic mass is 79.9. The zero-order chi connectivity index (χ0) is 12.3. The molecule has 1 atom stereocenters. The molecule has 2 heteroatoms. The van der Waals surface area contributed by atoms with E-state index < -0.39 is 0 Å². The van der Waals surface area contributed by atoms with Gasteiger partial charge in [0, 0.05) is 5.33 Å². The number of rotatable bonds is 8. The van der Waals surface area contributed by atoms with E-state index >= 15 is 0 Å². The van der Waals surface area contributed by atoms with E-state index in [2.05, 4.69) is 47.1 Å². The third-order valence-electron chi connectivity index (χ3n) is 2.59. The molecule has 0 aliphatic rings. The van der Waals surface area contributed by atoms with Crippen LogP contribution in [0.1, 0.15) is 25.3 Å². The maximum Gasteiger partial charge on any atom is 0.0650 e. The van der Waals surface area contributed by atoms with E-state index in [1.807, 2.05) is 18.2 Å². The summed E-state index contributed by atoms with van der Waals surface area (Å²) >= 11 is 3.52. The first-order valence-electron chi connectivity index (χ1n) is 6.22. The lowest BCUT2D eigenvalue weighted by Crippen LogP contribution is -2.10. The lowest BCUT2D eigenvalue weighted by atomic mass is 10.1. The van der Waals surface area contributed by atoms with Crippen molar-refractivity contribution in [2.75, 3.05) is 18.5 Å². The van der Waals surface area contributed by atoms with Crippen LogP contribution in [0.2, 0.25) is 0 Å². The molecule has 0 saturated carbocycles. The van der Waals surface area contributed by atoms with Crippen LogP contribution >= 0.6 is 15.9 Å². The Morgan fingerprint density at radius 2 is 2.06 bits per heavy atom. The van der Waals surface area contributed by atoms with Gasteiger partial charge in [0.25, 0.3) is 0 Å². The Kier molecular flexibility index (Phi) is 8.02. The molecule has 1 aromatic rings. The first-order valence-corrected chi connectivity index (χ1v) is 7.34. The summed E-state index contributed by atoms with van der Waals surface area (Å²) in [6.45, 7) is 3.76. The van der Waals surface area contributed by atoms with Gasteiger partial charge in [-0.05, 0) is 17.9 Å². The molecule has 0 heterocycles. The predicted molar refractivity (Wildman–Crippen MR) is 78.5 cm³/mol. The standard InChI is InChI=1S/C15H21BrO/c1-2-7-15(12-16)13-17-11-6-10-14-8-4-3-5-9-14/h3-6,8-10,15H,2,7,11-13H2,1H3.